The highest BCUT2D eigenvalue weighted by Crippen LogP contribution is 2.18. The normalized spacial score (nSPS) is 11.1. The summed E-state index contributed by atoms with van der Waals surface area (Å²) in [6, 6.07) is 4.62. The summed E-state index contributed by atoms with van der Waals surface area (Å²) in [5, 5.41) is 2.16. The zero-order valence-electron chi connectivity index (χ0n) is 9.31. The number of hydrogen-bond donors (Lipinski definition) is 1. The second kappa shape index (κ2) is 4.36. The van der Waals surface area contributed by atoms with E-state index in [9.17, 15) is 13.6 Å². The number of nitrogens with zero attached hydrogens (tertiary/aromatic N) is 1. The lowest BCUT2D eigenvalue weighted by Gasteiger charge is -2.07. The van der Waals surface area contributed by atoms with Crippen molar-refractivity contribution in [2.75, 3.05) is 0 Å². The van der Waals surface area contributed by atoms with Gasteiger partial charge in [-0.3, -0.25) is 4.79 Å². The summed E-state index contributed by atoms with van der Waals surface area (Å²) in [6.07, 6.45) is 0. The van der Waals surface area contributed by atoms with Crippen LogP contribution in [0.1, 0.15) is 0 Å². The van der Waals surface area contributed by atoms with Gasteiger partial charge in [0.15, 0.2) is 4.77 Å². The quantitative estimate of drug-likeness (QED) is 0.699. The minimum Gasteiger partial charge on any atom is -0.323 e. The molecule has 0 atom stereocenters. The maximum Gasteiger partial charge on any atom is 0.267 e. The predicted octanol–water partition coefficient (Wildman–Crippen LogP) is 3.39. The Bertz CT molecular complexity index is 895. The first-order valence-electron chi connectivity index (χ1n) is 5.26. The monoisotopic (exact) mass is 296 g/mol. The van der Waals surface area contributed by atoms with Gasteiger partial charge in [-0.2, -0.15) is 0 Å². The van der Waals surface area contributed by atoms with Crippen LogP contribution >= 0.6 is 23.6 Å². The molecular weight excluding hydrogens is 290 g/mol. The summed E-state index contributed by atoms with van der Waals surface area (Å²) in [7, 11) is 0. The molecule has 0 amide bonds. The smallest absolute Gasteiger partial charge is 0.267 e. The number of nitrogens with one attached hydrogen (secondary N) is 1. The molecule has 3 aromatic rings. The number of halogens is 2. The van der Waals surface area contributed by atoms with Gasteiger partial charge >= 0.3 is 0 Å². The number of rotatable bonds is 1. The Hall–Kier alpha value is -1.86. The molecule has 2 aromatic heterocycles. The summed E-state index contributed by atoms with van der Waals surface area (Å²) in [5.74, 6) is -1.54. The van der Waals surface area contributed by atoms with Crippen LogP contribution in [0.2, 0.25) is 0 Å². The van der Waals surface area contributed by atoms with Crippen LogP contribution in [0.5, 0.6) is 0 Å². The molecule has 0 saturated carbocycles. The van der Waals surface area contributed by atoms with Gasteiger partial charge in [-0.15, -0.1) is 11.3 Å². The maximum atomic E-state index is 13.8. The molecule has 0 radical (unpaired) electrons. The van der Waals surface area contributed by atoms with Gasteiger partial charge in [0.1, 0.15) is 16.5 Å². The Kier molecular flexibility index (Phi) is 2.79. The first-order valence-corrected chi connectivity index (χ1v) is 6.54. The number of hydrogen-bond acceptors (Lipinski definition) is 3. The number of H-pyrrole nitrogens is 1. The van der Waals surface area contributed by atoms with Gasteiger partial charge in [-0.05, 0) is 35.8 Å². The summed E-state index contributed by atoms with van der Waals surface area (Å²) in [6.45, 7) is 0. The number of aromatic nitrogens is 2. The second-order valence-corrected chi connectivity index (χ2v) is 5.13. The Morgan fingerprint density at radius 2 is 2.05 bits per heavy atom. The topological polar surface area (TPSA) is 37.8 Å². The van der Waals surface area contributed by atoms with E-state index in [2.05, 4.69) is 4.98 Å². The largest absolute Gasteiger partial charge is 0.323 e. The molecule has 2 heterocycles. The van der Waals surface area contributed by atoms with Crippen LogP contribution in [0.15, 0.2) is 34.4 Å². The standard InChI is InChI=1S/C12H6F2N2OS2/c13-6-1-2-9(8(14)5-6)16-11(17)7-3-4-19-10(7)15-12(16)18/h1-5H,(H,15,18). The molecule has 7 heteroatoms. The van der Waals surface area contributed by atoms with E-state index in [1.54, 1.807) is 11.4 Å². The molecule has 1 N–H and O–H groups in total. The molecule has 0 aliphatic rings. The van der Waals surface area contributed by atoms with E-state index in [1.165, 1.54) is 17.4 Å². The van der Waals surface area contributed by atoms with Gasteiger partial charge in [0.05, 0.1) is 11.1 Å². The SMILES string of the molecule is O=c1c2ccsc2[nH]c(=S)n1-c1ccc(F)cc1F. The van der Waals surface area contributed by atoms with Crippen LogP contribution in [0.4, 0.5) is 8.78 Å². The molecule has 0 saturated heterocycles. The minimum atomic E-state index is -0.837. The van der Waals surface area contributed by atoms with Crippen molar-refractivity contribution in [1.82, 2.24) is 9.55 Å². The van der Waals surface area contributed by atoms with Gasteiger partial charge < -0.3 is 4.98 Å². The van der Waals surface area contributed by atoms with E-state index in [1.807, 2.05) is 0 Å². The molecule has 0 bridgehead atoms. The van der Waals surface area contributed by atoms with Crippen LogP contribution < -0.4 is 5.56 Å². The van der Waals surface area contributed by atoms with Crippen molar-refractivity contribution in [3.05, 3.63) is 56.4 Å². The minimum absolute atomic E-state index is 0.0687. The summed E-state index contributed by atoms with van der Waals surface area (Å²) >= 11 is 6.40. The molecule has 96 valence electrons. The van der Waals surface area contributed by atoms with E-state index in [0.29, 0.717) is 16.3 Å². The van der Waals surface area contributed by atoms with E-state index >= 15 is 0 Å². The third-order valence-electron chi connectivity index (χ3n) is 2.67. The fourth-order valence-corrected chi connectivity index (χ4v) is 2.95. The number of thiophene rings is 1. The van der Waals surface area contributed by atoms with Crippen LogP contribution in [-0.2, 0) is 0 Å². The zero-order chi connectivity index (χ0) is 13.6. The summed E-state index contributed by atoms with van der Waals surface area (Å²) < 4.78 is 27.8. The van der Waals surface area contributed by atoms with E-state index < -0.39 is 17.2 Å². The van der Waals surface area contributed by atoms with Crippen molar-refractivity contribution >= 4 is 33.8 Å². The number of benzene rings is 1. The maximum absolute atomic E-state index is 13.8. The lowest BCUT2D eigenvalue weighted by molar-refractivity contribution is 0.576. The summed E-state index contributed by atoms with van der Waals surface area (Å²) in [5.41, 5.74) is -0.494. The lowest BCUT2D eigenvalue weighted by atomic mass is 10.3. The second-order valence-electron chi connectivity index (χ2n) is 3.83. The van der Waals surface area contributed by atoms with Gasteiger partial charge in [-0.1, -0.05) is 0 Å². The Balaban J connectivity index is 2.42. The summed E-state index contributed by atoms with van der Waals surface area (Å²) in [4.78, 5) is 15.8. The van der Waals surface area contributed by atoms with Crippen LogP contribution in [0, 0.1) is 16.4 Å². The van der Waals surface area contributed by atoms with E-state index in [0.717, 1.165) is 10.6 Å². The van der Waals surface area contributed by atoms with Crippen molar-refractivity contribution in [1.29, 1.82) is 0 Å². The fraction of sp³-hybridized carbons (Fsp3) is 0. The molecule has 0 fully saturated rings. The molecule has 0 spiro atoms. The average Bonchev–Trinajstić information content (AvgIpc) is 2.80. The van der Waals surface area contributed by atoms with Crippen molar-refractivity contribution < 1.29 is 8.78 Å². The molecule has 19 heavy (non-hydrogen) atoms. The van der Waals surface area contributed by atoms with Crippen molar-refractivity contribution in [3.63, 3.8) is 0 Å². The fourth-order valence-electron chi connectivity index (χ4n) is 1.82. The lowest BCUT2D eigenvalue weighted by Crippen LogP contribution is -2.20. The first-order chi connectivity index (χ1) is 9.08. The molecular formula is C12H6F2N2OS2. The van der Waals surface area contributed by atoms with Gasteiger partial charge in [0.25, 0.3) is 5.56 Å². The number of aromatic amines is 1. The Morgan fingerprint density at radius 1 is 1.26 bits per heavy atom. The Morgan fingerprint density at radius 3 is 2.79 bits per heavy atom. The van der Waals surface area contributed by atoms with Crippen molar-refractivity contribution in [2.45, 2.75) is 0 Å². The van der Waals surface area contributed by atoms with Crippen LogP contribution in [0.25, 0.3) is 15.9 Å². The third kappa shape index (κ3) is 1.91. The highest BCUT2D eigenvalue weighted by molar-refractivity contribution is 7.71. The molecule has 3 rings (SSSR count). The zero-order valence-corrected chi connectivity index (χ0v) is 10.9. The molecule has 0 aliphatic carbocycles. The Labute approximate surface area is 114 Å². The van der Waals surface area contributed by atoms with Crippen LogP contribution in [0.3, 0.4) is 0 Å². The third-order valence-corrected chi connectivity index (χ3v) is 3.79. The average molecular weight is 296 g/mol. The van der Waals surface area contributed by atoms with E-state index in [-0.39, 0.29) is 10.5 Å². The predicted molar refractivity (Wildman–Crippen MR) is 72.5 cm³/mol. The van der Waals surface area contributed by atoms with Gasteiger partial charge in [0.2, 0.25) is 0 Å². The van der Waals surface area contributed by atoms with Gasteiger partial charge in [-0.25, -0.2) is 13.3 Å². The highest BCUT2D eigenvalue weighted by atomic mass is 32.1. The number of fused-ring (bicyclic) bond motifs is 1. The molecule has 0 aliphatic heterocycles. The highest BCUT2D eigenvalue weighted by Gasteiger charge is 2.12. The van der Waals surface area contributed by atoms with Crippen molar-refractivity contribution in [3.8, 4) is 5.69 Å². The first kappa shape index (κ1) is 12.2. The molecule has 0 unspecified atom stereocenters. The van der Waals surface area contributed by atoms with Crippen LogP contribution in [-0.4, -0.2) is 9.55 Å². The molecule has 1 aromatic carbocycles. The van der Waals surface area contributed by atoms with Gasteiger partial charge in [0, 0.05) is 6.07 Å². The molecule has 3 nitrogen and oxygen atoms in total. The van der Waals surface area contributed by atoms with E-state index in [4.69, 9.17) is 12.2 Å². The van der Waals surface area contributed by atoms with Crippen molar-refractivity contribution in [2.24, 2.45) is 0 Å².